The van der Waals surface area contributed by atoms with Crippen LogP contribution in [0.25, 0.3) is 0 Å². The fraction of sp³-hybridized carbons (Fsp3) is 0.368. The van der Waals surface area contributed by atoms with Crippen LogP contribution in [-0.4, -0.2) is 37.3 Å². The lowest BCUT2D eigenvalue weighted by atomic mass is 10.2. The molecule has 0 aliphatic heterocycles. The summed E-state index contributed by atoms with van der Waals surface area (Å²) >= 11 is 6.04. The van der Waals surface area contributed by atoms with Gasteiger partial charge < -0.3 is 4.90 Å². The number of hydrogen-bond acceptors (Lipinski definition) is 4. The molecule has 0 saturated carbocycles. The van der Waals surface area contributed by atoms with Gasteiger partial charge >= 0.3 is 0 Å². The first kappa shape index (κ1) is 21.2. The van der Waals surface area contributed by atoms with Crippen LogP contribution in [0, 0.1) is 13.8 Å². The molecular weight excluding hydrogens is 386 g/mol. The number of benzene rings is 1. The summed E-state index contributed by atoms with van der Waals surface area (Å²) in [7, 11) is -3.85. The monoisotopic (exact) mass is 409 g/mol. The van der Waals surface area contributed by atoms with Gasteiger partial charge in [-0.05, 0) is 63.1 Å². The van der Waals surface area contributed by atoms with Crippen molar-refractivity contribution in [2.75, 3.05) is 17.8 Å². The second-order valence-corrected chi connectivity index (χ2v) is 8.29. The van der Waals surface area contributed by atoms with Crippen LogP contribution < -0.4 is 4.72 Å². The van der Waals surface area contributed by atoms with Gasteiger partial charge in [0.2, 0.25) is 5.91 Å². The number of aromatic nitrogens is 1. The Balaban J connectivity index is 2.30. The number of aryl methyl sites for hydroxylation is 1. The third-order valence-electron chi connectivity index (χ3n) is 4.22. The SMILES string of the molecule is CCN(CC)C(=O)Cc1cc(C)cc(NS(=O)(=O)c2cccc(Cl)c2C)n1. The molecule has 1 heterocycles. The molecule has 146 valence electrons. The largest absolute Gasteiger partial charge is 0.343 e. The summed E-state index contributed by atoms with van der Waals surface area (Å²) in [4.78, 5) is 18.4. The molecule has 1 amide bonds. The number of hydrogen-bond donors (Lipinski definition) is 1. The minimum Gasteiger partial charge on any atom is -0.343 e. The topological polar surface area (TPSA) is 79.4 Å². The van der Waals surface area contributed by atoms with E-state index in [0.717, 1.165) is 5.56 Å². The molecule has 0 atom stereocenters. The summed E-state index contributed by atoms with van der Waals surface area (Å²) < 4.78 is 28.0. The highest BCUT2D eigenvalue weighted by molar-refractivity contribution is 7.92. The molecule has 0 unspecified atom stereocenters. The van der Waals surface area contributed by atoms with Gasteiger partial charge in [0.25, 0.3) is 10.0 Å². The Morgan fingerprint density at radius 3 is 2.48 bits per heavy atom. The van der Waals surface area contributed by atoms with Gasteiger partial charge in [-0.3, -0.25) is 9.52 Å². The summed E-state index contributed by atoms with van der Waals surface area (Å²) in [5.41, 5.74) is 1.80. The molecule has 0 radical (unpaired) electrons. The first-order chi connectivity index (χ1) is 12.7. The first-order valence-electron chi connectivity index (χ1n) is 8.71. The number of likely N-dealkylation sites (N-methyl/N-ethyl adjacent to an activating group) is 1. The van der Waals surface area contributed by atoms with Crippen molar-refractivity contribution in [3.8, 4) is 0 Å². The Kier molecular flexibility index (Phi) is 6.84. The average molecular weight is 410 g/mol. The molecule has 2 aromatic rings. The number of nitrogens with one attached hydrogen (secondary N) is 1. The zero-order valence-electron chi connectivity index (χ0n) is 15.9. The number of nitrogens with zero attached hydrogens (tertiary/aromatic N) is 2. The zero-order valence-corrected chi connectivity index (χ0v) is 17.5. The molecule has 1 N–H and O–H groups in total. The summed E-state index contributed by atoms with van der Waals surface area (Å²) in [6.45, 7) is 8.55. The third kappa shape index (κ3) is 5.20. The van der Waals surface area contributed by atoms with Crippen molar-refractivity contribution < 1.29 is 13.2 Å². The van der Waals surface area contributed by atoms with Crippen LogP contribution in [0.5, 0.6) is 0 Å². The number of rotatable bonds is 7. The number of sulfonamides is 1. The van der Waals surface area contributed by atoms with Crippen LogP contribution in [0.15, 0.2) is 35.2 Å². The maximum atomic E-state index is 12.7. The number of carbonyl (C=O) groups excluding carboxylic acids is 1. The van der Waals surface area contributed by atoms with Gasteiger partial charge in [-0.15, -0.1) is 0 Å². The third-order valence-corrected chi connectivity index (χ3v) is 6.13. The van der Waals surface area contributed by atoms with Crippen molar-refractivity contribution in [3.63, 3.8) is 0 Å². The molecule has 0 aliphatic carbocycles. The summed E-state index contributed by atoms with van der Waals surface area (Å²) in [6.07, 6.45) is 0.119. The minimum atomic E-state index is -3.85. The summed E-state index contributed by atoms with van der Waals surface area (Å²) in [6, 6.07) is 8.12. The van der Waals surface area contributed by atoms with E-state index in [-0.39, 0.29) is 23.0 Å². The number of amides is 1. The van der Waals surface area contributed by atoms with Gasteiger partial charge in [-0.1, -0.05) is 17.7 Å². The van der Waals surface area contributed by atoms with Crippen LogP contribution >= 0.6 is 11.6 Å². The number of carbonyl (C=O) groups is 1. The van der Waals surface area contributed by atoms with Crippen LogP contribution in [-0.2, 0) is 21.2 Å². The van der Waals surface area contributed by atoms with Gasteiger partial charge in [0.05, 0.1) is 17.0 Å². The van der Waals surface area contributed by atoms with Crippen molar-refractivity contribution >= 4 is 33.3 Å². The smallest absolute Gasteiger partial charge is 0.263 e. The van der Waals surface area contributed by atoms with E-state index < -0.39 is 10.0 Å². The van der Waals surface area contributed by atoms with E-state index in [1.165, 1.54) is 6.07 Å². The maximum Gasteiger partial charge on any atom is 0.263 e. The van der Waals surface area contributed by atoms with Gasteiger partial charge in [-0.25, -0.2) is 13.4 Å². The van der Waals surface area contributed by atoms with E-state index in [2.05, 4.69) is 9.71 Å². The van der Waals surface area contributed by atoms with Gasteiger partial charge in [0, 0.05) is 18.1 Å². The fourth-order valence-corrected chi connectivity index (χ4v) is 4.29. The molecule has 1 aromatic heterocycles. The van der Waals surface area contributed by atoms with Crippen molar-refractivity contribution in [3.05, 3.63) is 52.2 Å². The Hall–Kier alpha value is -2.12. The highest BCUT2D eigenvalue weighted by atomic mass is 35.5. The number of anilines is 1. The standard InChI is InChI=1S/C19H24ClN3O3S/c1-5-23(6-2)19(24)12-15-10-13(3)11-18(21-15)22-27(25,26)17-9-7-8-16(20)14(17)4/h7-11H,5-6,12H2,1-4H3,(H,21,22). The van der Waals surface area contributed by atoms with Crippen LogP contribution in [0.4, 0.5) is 5.82 Å². The van der Waals surface area contributed by atoms with E-state index in [1.54, 1.807) is 36.1 Å². The van der Waals surface area contributed by atoms with E-state index in [4.69, 9.17) is 11.6 Å². The quantitative estimate of drug-likeness (QED) is 0.758. The fourth-order valence-electron chi connectivity index (χ4n) is 2.80. The maximum absolute atomic E-state index is 12.7. The first-order valence-corrected chi connectivity index (χ1v) is 10.6. The van der Waals surface area contributed by atoms with Gasteiger partial charge in [0.1, 0.15) is 5.82 Å². The molecule has 0 bridgehead atoms. The summed E-state index contributed by atoms with van der Waals surface area (Å²) in [5, 5.41) is 0.376. The van der Waals surface area contributed by atoms with Gasteiger partial charge in [0.15, 0.2) is 0 Å². The highest BCUT2D eigenvalue weighted by Gasteiger charge is 2.20. The van der Waals surface area contributed by atoms with Crippen molar-refractivity contribution in [2.45, 2.75) is 39.0 Å². The molecule has 2 rings (SSSR count). The highest BCUT2D eigenvalue weighted by Crippen LogP contribution is 2.24. The molecule has 0 spiro atoms. The van der Waals surface area contributed by atoms with Crippen molar-refractivity contribution in [1.82, 2.24) is 9.88 Å². The molecular formula is C19H24ClN3O3S. The number of halogens is 1. The van der Waals surface area contributed by atoms with E-state index in [1.807, 2.05) is 20.8 Å². The summed E-state index contributed by atoms with van der Waals surface area (Å²) in [5.74, 6) is 0.134. The molecule has 8 heteroatoms. The molecule has 0 saturated heterocycles. The molecule has 27 heavy (non-hydrogen) atoms. The Bertz CT molecular complexity index is 941. The Labute approximate surface area is 165 Å². The molecule has 1 aromatic carbocycles. The van der Waals surface area contributed by atoms with Crippen LogP contribution in [0.1, 0.15) is 30.7 Å². The van der Waals surface area contributed by atoms with E-state index >= 15 is 0 Å². The average Bonchev–Trinajstić information content (AvgIpc) is 2.57. The van der Waals surface area contributed by atoms with E-state index in [0.29, 0.717) is 29.4 Å². The second kappa shape index (κ2) is 8.71. The predicted molar refractivity (Wildman–Crippen MR) is 108 cm³/mol. The minimum absolute atomic E-state index is 0.0439. The number of pyridine rings is 1. The van der Waals surface area contributed by atoms with Crippen molar-refractivity contribution in [2.24, 2.45) is 0 Å². The molecule has 0 fully saturated rings. The molecule has 6 nitrogen and oxygen atoms in total. The zero-order chi connectivity index (χ0) is 20.2. The van der Waals surface area contributed by atoms with Crippen LogP contribution in [0.3, 0.4) is 0 Å². The Morgan fingerprint density at radius 1 is 1.19 bits per heavy atom. The van der Waals surface area contributed by atoms with Crippen LogP contribution in [0.2, 0.25) is 5.02 Å². The lowest BCUT2D eigenvalue weighted by Crippen LogP contribution is -2.32. The van der Waals surface area contributed by atoms with Gasteiger partial charge in [-0.2, -0.15) is 0 Å². The molecule has 0 aliphatic rings. The normalized spacial score (nSPS) is 11.3. The lowest BCUT2D eigenvalue weighted by molar-refractivity contribution is -0.130. The van der Waals surface area contributed by atoms with Crippen molar-refractivity contribution in [1.29, 1.82) is 0 Å². The second-order valence-electron chi connectivity index (χ2n) is 6.23. The lowest BCUT2D eigenvalue weighted by Gasteiger charge is -2.18. The predicted octanol–water partition coefficient (Wildman–Crippen LogP) is 3.56. The Morgan fingerprint density at radius 2 is 1.85 bits per heavy atom. The van der Waals surface area contributed by atoms with E-state index in [9.17, 15) is 13.2 Å².